The average molecular weight is 307 g/mol. The van der Waals surface area contributed by atoms with Gasteiger partial charge in [0.2, 0.25) is 0 Å². The van der Waals surface area contributed by atoms with Crippen LogP contribution in [0.5, 0.6) is 0 Å². The molecular formula is C19H21N3O. The van der Waals surface area contributed by atoms with Crippen molar-refractivity contribution in [1.82, 2.24) is 9.88 Å². The molecule has 4 heteroatoms. The summed E-state index contributed by atoms with van der Waals surface area (Å²) in [6, 6.07) is 17.6. The third-order valence-corrected chi connectivity index (χ3v) is 3.90. The molecule has 0 saturated heterocycles. The number of aryl methyl sites for hydroxylation is 1. The van der Waals surface area contributed by atoms with Gasteiger partial charge in [0.25, 0.3) is 5.91 Å². The van der Waals surface area contributed by atoms with Crippen molar-refractivity contribution in [3.8, 4) is 0 Å². The van der Waals surface area contributed by atoms with Crippen molar-refractivity contribution >= 4 is 22.5 Å². The van der Waals surface area contributed by atoms with Gasteiger partial charge in [-0.2, -0.15) is 0 Å². The lowest BCUT2D eigenvalue weighted by Crippen LogP contribution is -2.25. The molecule has 23 heavy (non-hydrogen) atoms. The lowest BCUT2D eigenvalue weighted by atomic mass is 10.2. The van der Waals surface area contributed by atoms with Crippen LogP contribution in [0.15, 0.2) is 54.6 Å². The first-order chi connectivity index (χ1) is 11.2. The average Bonchev–Trinajstić information content (AvgIpc) is 2.92. The van der Waals surface area contributed by atoms with Gasteiger partial charge in [-0.3, -0.25) is 4.79 Å². The van der Waals surface area contributed by atoms with E-state index in [0.29, 0.717) is 17.9 Å². The number of hydrogen-bond donors (Lipinski definition) is 2. The van der Waals surface area contributed by atoms with Gasteiger partial charge in [-0.05, 0) is 36.2 Å². The molecule has 0 bridgehead atoms. The molecule has 0 aliphatic heterocycles. The summed E-state index contributed by atoms with van der Waals surface area (Å²) in [7, 11) is 0. The number of hydrogen-bond acceptors (Lipinski definition) is 2. The minimum Gasteiger partial charge on any atom is -0.399 e. The van der Waals surface area contributed by atoms with E-state index >= 15 is 0 Å². The Morgan fingerprint density at radius 2 is 1.91 bits per heavy atom. The molecule has 3 aromatic rings. The molecule has 1 amide bonds. The number of amides is 1. The Morgan fingerprint density at radius 3 is 2.65 bits per heavy atom. The van der Waals surface area contributed by atoms with Crippen LogP contribution < -0.4 is 11.1 Å². The summed E-state index contributed by atoms with van der Waals surface area (Å²) >= 11 is 0. The lowest BCUT2D eigenvalue weighted by Gasteiger charge is -2.10. The van der Waals surface area contributed by atoms with Gasteiger partial charge in [0.1, 0.15) is 5.69 Å². The minimum absolute atomic E-state index is 0.0583. The molecule has 0 aliphatic rings. The quantitative estimate of drug-likeness (QED) is 0.708. The van der Waals surface area contributed by atoms with Crippen LogP contribution in [0, 0.1) is 0 Å². The van der Waals surface area contributed by atoms with E-state index in [9.17, 15) is 4.79 Å². The Hall–Kier alpha value is -2.75. The number of carbonyl (C=O) groups is 1. The molecule has 118 valence electrons. The van der Waals surface area contributed by atoms with Gasteiger partial charge in [0.05, 0.1) is 0 Å². The van der Waals surface area contributed by atoms with Crippen molar-refractivity contribution in [2.45, 2.75) is 26.4 Å². The summed E-state index contributed by atoms with van der Waals surface area (Å²) in [5.41, 5.74) is 9.39. The van der Waals surface area contributed by atoms with Crippen molar-refractivity contribution in [2.75, 3.05) is 5.73 Å². The molecular weight excluding hydrogens is 286 g/mol. The zero-order chi connectivity index (χ0) is 16.2. The van der Waals surface area contributed by atoms with E-state index in [1.54, 1.807) is 0 Å². The Kier molecular flexibility index (Phi) is 4.33. The zero-order valence-corrected chi connectivity index (χ0v) is 13.3. The number of aromatic nitrogens is 1. The number of benzene rings is 2. The fourth-order valence-electron chi connectivity index (χ4n) is 2.81. The van der Waals surface area contributed by atoms with Crippen molar-refractivity contribution in [2.24, 2.45) is 0 Å². The van der Waals surface area contributed by atoms with E-state index < -0.39 is 0 Å². The summed E-state index contributed by atoms with van der Waals surface area (Å²) in [5, 5.41) is 4.00. The van der Waals surface area contributed by atoms with Gasteiger partial charge in [0, 0.05) is 29.7 Å². The number of anilines is 1. The van der Waals surface area contributed by atoms with E-state index in [2.05, 4.69) is 16.8 Å². The molecule has 0 radical (unpaired) electrons. The highest BCUT2D eigenvalue weighted by molar-refractivity contribution is 5.99. The van der Waals surface area contributed by atoms with Crippen LogP contribution in [-0.4, -0.2) is 10.5 Å². The van der Waals surface area contributed by atoms with Crippen LogP contribution in [0.1, 0.15) is 29.4 Å². The summed E-state index contributed by atoms with van der Waals surface area (Å²) in [4.78, 5) is 12.6. The molecule has 0 spiro atoms. The Bertz CT molecular complexity index is 821. The van der Waals surface area contributed by atoms with Crippen LogP contribution >= 0.6 is 0 Å². The molecule has 0 fully saturated rings. The molecule has 1 aromatic heterocycles. The van der Waals surface area contributed by atoms with Crippen molar-refractivity contribution in [3.63, 3.8) is 0 Å². The second kappa shape index (κ2) is 6.57. The number of nitrogen functional groups attached to an aromatic ring is 1. The van der Waals surface area contributed by atoms with E-state index in [1.165, 1.54) is 0 Å². The van der Waals surface area contributed by atoms with Crippen molar-refractivity contribution < 1.29 is 4.79 Å². The highest BCUT2D eigenvalue weighted by Crippen LogP contribution is 2.23. The van der Waals surface area contributed by atoms with E-state index in [4.69, 9.17) is 5.73 Å². The predicted octanol–water partition coefficient (Wildman–Crippen LogP) is 3.56. The first kappa shape index (κ1) is 15.2. The molecule has 0 aliphatic carbocycles. The number of fused-ring (bicyclic) bond motifs is 1. The number of nitrogens with one attached hydrogen (secondary N) is 1. The monoisotopic (exact) mass is 307 g/mol. The molecule has 0 unspecified atom stereocenters. The topological polar surface area (TPSA) is 60.0 Å². The largest absolute Gasteiger partial charge is 0.399 e. The summed E-state index contributed by atoms with van der Waals surface area (Å²) in [6.45, 7) is 3.44. The standard InChI is InChI=1S/C19H21N3O/c1-2-10-22-17-9-8-16(20)11-15(17)12-18(22)19(23)21-13-14-6-4-3-5-7-14/h3-9,11-12H,2,10,13,20H2,1H3,(H,21,23). The molecule has 3 rings (SSSR count). The van der Waals surface area contributed by atoms with Crippen LogP contribution in [-0.2, 0) is 13.1 Å². The molecule has 2 aromatic carbocycles. The Morgan fingerprint density at radius 1 is 1.13 bits per heavy atom. The van der Waals surface area contributed by atoms with Gasteiger partial charge in [-0.25, -0.2) is 0 Å². The lowest BCUT2D eigenvalue weighted by molar-refractivity contribution is 0.0942. The second-order valence-electron chi connectivity index (χ2n) is 5.67. The number of rotatable bonds is 5. The van der Waals surface area contributed by atoms with E-state index in [1.807, 2.05) is 54.6 Å². The summed E-state index contributed by atoms with van der Waals surface area (Å²) in [5.74, 6) is -0.0583. The second-order valence-corrected chi connectivity index (χ2v) is 5.67. The van der Waals surface area contributed by atoms with Gasteiger partial charge in [0.15, 0.2) is 0 Å². The number of nitrogens with zero attached hydrogens (tertiary/aromatic N) is 1. The van der Waals surface area contributed by atoms with E-state index in [0.717, 1.165) is 29.4 Å². The number of carbonyl (C=O) groups excluding carboxylic acids is 1. The maximum absolute atomic E-state index is 12.6. The molecule has 4 nitrogen and oxygen atoms in total. The van der Waals surface area contributed by atoms with Crippen LogP contribution in [0.25, 0.3) is 10.9 Å². The third kappa shape index (κ3) is 3.21. The number of nitrogens with two attached hydrogens (primary N) is 1. The van der Waals surface area contributed by atoms with Crippen LogP contribution in [0.3, 0.4) is 0 Å². The van der Waals surface area contributed by atoms with E-state index in [-0.39, 0.29) is 5.91 Å². The first-order valence-electron chi connectivity index (χ1n) is 7.90. The summed E-state index contributed by atoms with van der Waals surface area (Å²) in [6.07, 6.45) is 0.965. The molecule has 1 heterocycles. The van der Waals surface area contributed by atoms with Gasteiger partial charge in [-0.1, -0.05) is 37.3 Å². The normalized spacial score (nSPS) is 10.8. The third-order valence-electron chi connectivity index (χ3n) is 3.90. The Balaban J connectivity index is 1.88. The summed E-state index contributed by atoms with van der Waals surface area (Å²) < 4.78 is 2.06. The molecule has 3 N–H and O–H groups in total. The highest BCUT2D eigenvalue weighted by Gasteiger charge is 2.15. The van der Waals surface area contributed by atoms with Crippen LogP contribution in [0.4, 0.5) is 5.69 Å². The maximum atomic E-state index is 12.6. The molecule has 0 saturated carbocycles. The minimum atomic E-state index is -0.0583. The fourth-order valence-corrected chi connectivity index (χ4v) is 2.81. The molecule has 0 atom stereocenters. The SMILES string of the molecule is CCCn1c(C(=O)NCc2ccccc2)cc2cc(N)ccc21. The van der Waals surface area contributed by atoms with Crippen molar-refractivity contribution in [1.29, 1.82) is 0 Å². The smallest absolute Gasteiger partial charge is 0.268 e. The maximum Gasteiger partial charge on any atom is 0.268 e. The predicted molar refractivity (Wildman–Crippen MR) is 94.3 cm³/mol. The first-order valence-corrected chi connectivity index (χ1v) is 7.90. The van der Waals surface area contributed by atoms with Crippen LogP contribution in [0.2, 0.25) is 0 Å². The zero-order valence-electron chi connectivity index (χ0n) is 13.3. The van der Waals surface area contributed by atoms with Crippen molar-refractivity contribution in [3.05, 3.63) is 65.9 Å². The Labute approximate surface area is 135 Å². The highest BCUT2D eigenvalue weighted by atomic mass is 16.1. The van der Waals surface area contributed by atoms with Gasteiger partial charge in [-0.15, -0.1) is 0 Å². The van der Waals surface area contributed by atoms with Gasteiger partial charge < -0.3 is 15.6 Å². The van der Waals surface area contributed by atoms with Gasteiger partial charge >= 0.3 is 0 Å². The fraction of sp³-hybridized carbons (Fsp3) is 0.211.